The van der Waals surface area contributed by atoms with Gasteiger partial charge in [0.05, 0.1) is 24.2 Å². The van der Waals surface area contributed by atoms with Crippen LogP contribution in [0, 0.1) is 5.41 Å². The number of hydrogen-bond acceptors (Lipinski definition) is 3. The Kier molecular flexibility index (Phi) is 3.61. The van der Waals surface area contributed by atoms with Crippen molar-refractivity contribution in [1.82, 2.24) is 4.90 Å². The molecule has 0 bridgehead atoms. The number of rotatable bonds is 3. The van der Waals surface area contributed by atoms with Crippen molar-refractivity contribution >= 4 is 11.9 Å². The number of morpholine rings is 1. The summed E-state index contributed by atoms with van der Waals surface area (Å²) in [5.74, 6) is -0.865. The Balaban J connectivity index is 2.01. The first-order chi connectivity index (χ1) is 8.46. The highest BCUT2D eigenvalue weighted by atomic mass is 16.5. The van der Waals surface area contributed by atoms with Crippen LogP contribution >= 0.6 is 0 Å². The standard InChI is InChI=1S/C13H21NO4/c1-9-10(2)18-7-6-14(9)11(15)8-13(12(16)17)4-3-5-13/h9-10H,3-8H2,1-2H3,(H,16,17). The minimum absolute atomic E-state index is 0.0184. The van der Waals surface area contributed by atoms with E-state index in [0.717, 1.165) is 6.42 Å². The lowest BCUT2D eigenvalue weighted by molar-refractivity contribution is -0.162. The van der Waals surface area contributed by atoms with Crippen molar-refractivity contribution in [2.75, 3.05) is 13.2 Å². The van der Waals surface area contributed by atoms with Crippen molar-refractivity contribution in [3.05, 3.63) is 0 Å². The molecule has 2 fully saturated rings. The van der Waals surface area contributed by atoms with Gasteiger partial charge in [0.15, 0.2) is 0 Å². The quantitative estimate of drug-likeness (QED) is 0.824. The Labute approximate surface area is 107 Å². The van der Waals surface area contributed by atoms with Gasteiger partial charge < -0.3 is 14.7 Å². The average molecular weight is 255 g/mol. The second-order valence-electron chi connectivity index (χ2n) is 5.52. The van der Waals surface area contributed by atoms with Crippen molar-refractivity contribution in [3.8, 4) is 0 Å². The van der Waals surface area contributed by atoms with Crippen LogP contribution in [0.2, 0.25) is 0 Å². The summed E-state index contributed by atoms with van der Waals surface area (Å²) in [5.41, 5.74) is -0.793. The van der Waals surface area contributed by atoms with E-state index in [1.165, 1.54) is 0 Å². The van der Waals surface area contributed by atoms with E-state index in [2.05, 4.69) is 0 Å². The zero-order valence-corrected chi connectivity index (χ0v) is 11.0. The molecule has 1 amide bonds. The van der Waals surface area contributed by atoms with Gasteiger partial charge in [-0.15, -0.1) is 0 Å². The summed E-state index contributed by atoms with van der Waals surface area (Å²) in [5, 5.41) is 9.25. The SMILES string of the molecule is CC1OCCN(C(=O)CC2(C(=O)O)CCC2)C1C. The number of nitrogens with zero attached hydrogens (tertiary/aromatic N) is 1. The Morgan fingerprint density at radius 1 is 1.39 bits per heavy atom. The molecule has 1 heterocycles. The molecule has 0 aromatic heterocycles. The van der Waals surface area contributed by atoms with E-state index >= 15 is 0 Å². The highest BCUT2D eigenvalue weighted by Crippen LogP contribution is 2.44. The summed E-state index contributed by atoms with van der Waals surface area (Å²) in [6.07, 6.45) is 2.32. The van der Waals surface area contributed by atoms with Crippen molar-refractivity contribution < 1.29 is 19.4 Å². The molecule has 1 aliphatic heterocycles. The normalized spacial score (nSPS) is 30.7. The summed E-state index contributed by atoms with van der Waals surface area (Å²) in [4.78, 5) is 25.3. The first-order valence-corrected chi connectivity index (χ1v) is 6.61. The molecule has 1 saturated carbocycles. The van der Waals surface area contributed by atoms with Gasteiger partial charge in [0.2, 0.25) is 5.91 Å². The molecular formula is C13H21NO4. The fourth-order valence-corrected chi connectivity index (χ4v) is 2.75. The lowest BCUT2D eigenvalue weighted by atomic mass is 9.66. The lowest BCUT2D eigenvalue weighted by Crippen LogP contribution is -2.53. The number of amides is 1. The molecule has 1 aliphatic carbocycles. The molecule has 5 heteroatoms. The Bertz CT molecular complexity index is 351. The predicted octanol–water partition coefficient (Wildman–Crippen LogP) is 1.27. The monoisotopic (exact) mass is 255 g/mol. The minimum atomic E-state index is -0.823. The summed E-state index contributed by atoms with van der Waals surface area (Å²) >= 11 is 0. The van der Waals surface area contributed by atoms with Crippen LogP contribution in [0.1, 0.15) is 39.5 Å². The molecule has 2 aliphatic rings. The van der Waals surface area contributed by atoms with Crippen LogP contribution in [-0.4, -0.2) is 47.2 Å². The van der Waals surface area contributed by atoms with Gasteiger partial charge in [-0.3, -0.25) is 9.59 Å². The van der Waals surface area contributed by atoms with Gasteiger partial charge in [0.1, 0.15) is 0 Å². The molecule has 2 atom stereocenters. The molecule has 1 saturated heterocycles. The van der Waals surface area contributed by atoms with Gasteiger partial charge in [-0.05, 0) is 26.7 Å². The molecule has 0 aromatic rings. The predicted molar refractivity (Wildman–Crippen MR) is 65.1 cm³/mol. The van der Waals surface area contributed by atoms with Crippen molar-refractivity contribution in [2.45, 2.75) is 51.7 Å². The molecular weight excluding hydrogens is 234 g/mol. The minimum Gasteiger partial charge on any atom is -0.481 e. The van der Waals surface area contributed by atoms with E-state index in [9.17, 15) is 14.7 Å². The van der Waals surface area contributed by atoms with Crippen LogP contribution in [0.15, 0.2) is 0 Å². The molecule has 18 heavy (non-hydrogen) atoms. The first-order valence-electron chi connectivity index (χ1n) is 6.61. The number of aliphatic carboxylic acids is 1. The number of ether oxygens (including phenoxy) is 1. The third kappa shape index (κ3) is 2.23. The third-order valence-electron chi connectivity index (χ3n) is 4.46. The first kappa shape index (κ1) is 13.3. The van der Waals surface area contributed by atoms with Crippen molar-refractivity contribution in [3.63, 3.8) is 0 Å². The van der Waals surface area contributed by atoms with Gasteiger partial charge in [0.25, 0.3) is 0 Å². The van der Waals surface area contributed by atoms with E-state index in [4.69, 9.17) is 4.74 Å². The van der Waals surface area contributed by atoms with Crippen LogP contribution in [0.3, 0.4) is 0 Å². The Hall–Kier alpha value is -1.10. The van der Waals surface area contributed by atoms with E-state index in [-0.39, 0.29) is 24.5 Å². The third-order valence-corrected chi connectivity index (χ3v) is 4.46. The fraction of sp³-hybridized carbons (Fsp3) is 0.846. The Morgan fingerprint density at radius 3 is 2.56 bits per heavy atom. The number of carboxylic acid groups (broad SMARTS) is 1. The summed E-state index contributed by atoms with van der Waals surface area (Å²) in [6, 6.07) is 0.0252. The highest BCUT2D eigenvalue weighted by molar-refractivity contribution is 5.86. The van der Waals surface area contributed by atoms with E-state index in [0.29, 0.717) is 26.0 Å². The zero-order chi connectivity index (χ0) is 13.3. The molecule has 0 aromatic carbocycles. The van der Waals surface area contributed by atoms with Crippen LogP contribution in [0.5, 0.6) is 0 Å². The van der Waals surface area contributed by atoms with Crippen LogP contribution in [-0.2, 0) is 14.3 Å². The van der Waals surface area contributed by atoms with Crippen LogP contribution in [0.25, 0.3) is 0 Å². The molecule has 102 valence electrons. The van der Waals surface area contributed by atoms with Gasteiger partial charge in [-0.2, -0.15) is 0 Å². The summed E-state index contributed by atoms with van der Waals surface area (Å²) in [6.45, 7) is 5.01. The second kappa shape index (κ2) is 4.88. The second-order valence-corrected chi connectivity index (χ2v) is 5.52. The van der Waals surface area contributed by atoms with Crippen molar-refractivity contribution in [2.24, 2.45) is 5.41 Å². The van der Waals surface area contributed by atoms with Crippen LogP contribution in [0.4, 0.5) is 0 Å². The lowest BCUT2D eigenvalue weighted by Gasteiger charge is -2.42. The number of carboxylic acids is 1. The van der Waals surface area contributed by atoms with Gasteiger partial charge in [-0.1, -0.05) is 6.42 Å². The van der Waals surface area contributed by atoms with Crippen LogP contribution < -0.4 is 0 Å². The zero-order valence-electron chi connectivity index (χ0n) is 11.0. The van der Waals surface area contributed by atoms with E-state index < -0.39 is 11.4 Å². The van der Waals surface area contributed by atoms with Gasteiger partial charge >= 0.3 is 5.97 Å². The molecule has 0 radical (unpaired) electrons. The molecule has 2 rings (SSSR count). The maximum absolute atomic E-state index is 12.3. The summed E-state index contributed by atoms with van der Waals surface area (Å²) < 4.78 is 5.48. The number of hydrogen-bond donors (Lipinski definition) is 1. The maximum Gasteiger partial charge on any atom is 0.310 e. The maximum atomic E-state index is 12.3. The van der Waals surface area contributed by atoms with Gasteiger partial charge in [0, 0.05) is 13.0 Å². The highest BCUT2D eigenvalue weighted by Gasteiger charge is 2.47. The van der Waals surface area contributed by atoms with Gasteiger partial charge in [-0.25, -0.2) is 0 Å². The largest absolute Gasteiger partial charge is 0.481 e. The molecule has 1 N–H and O–H groups in total. The molecule has 2 unspecified atom stereocenters. The van der Waals surface area contributed by atoms with E-state index in [1.54, 1.807) is 4.90 Å². The molecule has 0 spiro atoms. The summed E-state index contributed by atoms with van der Waals surface area (Å²) in [7, 11) is 0. The van der Waals surface area contributed by atoms with E-state index in [1.807, 2.05) is 13.8 Å². The smallest absolute Gasteiger partial charge is 0.310 e. The fourth-order valence-electron chi connectivity index (χ4n) is 2.75. The Morgan fingerprint density at radius 2 is 2.06 bits per heavy atom. The number of carbonyl (C=O) groups is 2. The molecule has 5 nitrogen and oxygen atoms in total. The number of carbonyl (C=O) groups excluding carboxylic acids is 1. The van der Waals surface area contributed by atoms with Crippen molar-refractivity contribution in [1.29, 1.82) is 0 Å². The average Bonchev–Trinajstić information content (AvgIpc) is 2.26. The topological polar surface area (TPSA) is 66.8 Å².